The van der Waals surface area contributed by atoms with Crippen molar-refractivity contribution in [3.05, 3.63) is 77.7 Å². The molecule has 0 saturated heterocycles. The highest BCUT2D eigenvalue weighted by Crippen LogP contribution is 2.38. The van der Waals surface area contributed by atoms with Crippen LogP contribution in [0, 0.1) is 5.41 Å². The number of rotatable bonds is 9. The molecule has 0 radical (unpaired) electrons. The molecule has 2 unspecified atom stereocenters. The maximum atomic E-state index is 13.2. The van der Waals surface area contributed by atoms with Gasteiger partial charge >= 0.3 is 12.1 Å². The lowest BCUT2D eigenvalue weighted by molar-refractivity contribution is -0.223. The summed E-state index contributed by atoms with van der Waals surface area (Å²) >= 11 is 0. The molecule has 0 spiro atoms. The van der Waals surface area contributed by atoms with Crippen LogP contribution in [0.4, 0.5) is 13.2 Å². The molecule has 0 saturated carbocycles. The lowest BCUT2D eigenvalue weighted by Gasteiger charge is -2.36. The second-order valence-electron chi connectivity index (χ2n) is 11.2. The van der Waals surface area contributed by atoms with Crippen LogP contribution in [0.2, 0.25) is 0 Å². The third-order valence-electron chi connectivity index (χ3n) is 6.51. The van der Waals surface area contributed by atoms with Gasteiger partial charge in [0.2, 0.25) is 0 Å². The van der Waals surface area contributed by atoms with Crippen LogP contribution in [0.25, 0.3) is 0 Å². The van der Waals surface area contributed by atoms with Gasteiger partial charge in [0.25, 0.3) is 10.0 Å². The first-order chi connectivity index (χ1) is 19.1. The van der Waals surface area contributed by atoms with E-state index in [1.165, 1.54) is 24.0 Å². The van der Waals surface area contributed by atoms with E-state index in [4.69, 9.17) is 4.74 Å². The van der Waals surface area contributed by atoms with Crippen LogP contribution in [0.5, 0.6) is 5.75 Å². The minimum atomic E-state index is -5.41. The quantitative estimate of drug-likeness (QED) is 0.368. The van der Waals surface area contributed by atoms with Gasteiger partial charge in [-0.3, -0.25) is 0 Å². The zero-order valence-electron chi connectivity index (χ0n) is 23.2. The number of hydroxylamine groups is 1. The maximum absolute atomic E-state index is 13.2. The van der Waals surface area contributed by atoms with Gasteiger partial charge in [0.1, 0.15) is 12.4 Å². The van der Waals surface area contributed by atoms with Crippen molar-refractivity contribution in [3.8, 4) is 5.75 Å². The fourth-order valence-corrected chi connectivity index (χ4v) is 5.65. The summed E-state index contributed by atoms with van der Waals surface area (Å²) in [6, 6.07) is 14.6. The molecule has 2 atom stereocenters. The normalized spacial score (nSPS) is 17.7. The number of sulfonamides is 1. The first-order valence-corrected chi connectivity index (χ1v) is 14.4. The van der Waals surface area contributed by atoms with Crippen LogP contribution < -0.4 is 10.1 Å². The summed E-state index contributed by atoms with van der Waals surface area (Å²) in [6.07, 6.45) is -2.49. The van der Waals surface area contributed by atoms with Crippen molar-refractivity contribution in [2.24, 2.45) is 12.5 Å². The molecule has 0 fully saturated rings. The number of ether oxygens (including phenoxy) is 1. The van der Waals surface area contributed by atoms with Crippen LogP contribution >= 0.6 is 0 Å². The Bertz CT molecular complexity index is 1470. The Morgan fingerprint density at radius 1 is 1.15 bits per heavy atom. The van der Waals surface area contributed by atoms with Crippen molar-refractivity contribution in [2.45, 2.75) is 56.9 Å². The summed E-state index contributed by atoms with van der Waals surface area (Å²) in [4.78, 5) is 19.9. The summed E-state index contributed by atoms with van der Waals surface area (Å²) in [6.45, 7) is 6.78. The highest BCUT2D eigenvalue weighted by Gasteiger charge is 2.45. The van der Waals surface area contributed by atoms with E-state index in [0.29, 0.717) is 30.9 Å². The predicted molar refractivity (Wildman–Crippen MR) is 144 cm³/mol. The van der Waals surface area contributed by atoms with E-state index >= 15 is 0 Å². The molecule has 4 rings (SSSR count). The van der Waals surface area contributed by atoms with E-state index in [-0.39, 0.29) is 21.8 Å². The average molecular weight is 595 g/mol. The number of alkyl halides is 3. The third-order valence-corrected chi connectivity index (χ3v) is 7.99. The standard InChI is InChI=1S/C28H33F3N4O5S/c1-27(2,3)17-32-23-16-39-24-11-10-20(13-22(24)21(23)12-19-8-6-5-7-9-19)14-35(40-26(36)28(29,30)31)41(37,38)25-15-34(4)18-33-25/h5-11,13,15,18,21,23,32H,12,14,16-17H2,1-4H3. The SMILES string of the molecule is Cn1cnc(S(=O)(=O)N(Cc2ccc3c(c2)C(Cc2ccccc2)C(NCC(C)(C)C)CO3)OC(=O)C(F)(F)F)c1. The Morgan fingerprint density at radius 2 is 1.85 bits per heavy atom. The molecule has 1 N–H and O–H groups in total. The Morgan fingerprint density at radius 3 is 2.46 bits per heavy atom. The summed E-state index contributed by atoms with van der Waals surface area (Å²) in [5.74, 6) is -2.16. The Hall–Kier alpha value is -3.42. The van der Waals surface area contributed by atoms with Crippen molar-refractivity contribution in [1.82, 2.24) is 19.3 Å². The number of aryl methyl sites for hydroxylation is 1. The number of carbonyl (C=O) groups excluding carboxylic acids is 1. The molecule has 0 amide bonds. The van der Waals surface area contributed by atoms with Gasteiger partial charge < -0.3 is 19.5 Å². The molecule has 3 aromatic rings. The Balaban J connectivity index is 1.70. The lowest BCUT2D eigenvalue weighted by atomic mass is 9.82. The zero-order valence-corrected chi connectivity index (χ0v) is 24.0. The lowest BCUT2D eigenvalue weighted by Crippen LogP contribution is -2.46. The van der Waals surface area contributed by atoms with E-state index in [1.807, 2.05) is 30.3 Å². The fraction of sp³-hybridized carbons (Fsp3) is 0.429. The molecular weight excluding hydrogens is 561 g/mol. The number of carbonyl (C=O) groups is 1. The number of fused-ring (bicyclic) bond motifs is 1. The van der Waals surface area contributed by atoms with E-state index in [9.17, 15) is 26.4 Å². The molecule has 0 bridgehead atoms. The molecule has 1 aliphatic heterocycles. The Labute approximate surface area is 237 Å². The largest absolute Gasteiger partial charge is 0.492 e. The van der Waals surface area contributed by atoms with Crippen molar-refractivity contribution in [2.75, 3.05) is 13.2 Å². The molecule has 222 valence electrons. The molecule has 2 aromatic carbocycles. The molecule has 0 aliphatic carbocycles. The van der Waals surface area contributed by atoms with Crippen molar-refractivity contribution < 1.29 is 36.0 Å². The number of nitrogens with one attached hydrogen (secondary N) is 1. The van der Waals surface area contributed by atoms with Crippen molar-refractivity contribution in [1.29, 1.82) is 0 Å². The van der Waals surface area contributed by atoms with Gasteiger partial charge in [0.15, 0.2) is 5.03 Å². The van der Waals surface area contributed by atoms with E-state index in [1.54, 1.807) is 12.1 Å². The second kappa shape index (κ2) is 11.8. The van der Waals surface area contributed by atoms with Gasteiger partial charge in [0, 0.05) is 31.7 Å². The number of benzene rings is 2. The van der Waals surface area contributed by atoms with Crippen LogP contribution in [0.1, 0.15) is 43.4 Å². The first-order valence-electron chi connectivity index (χ1n) is 13.0. The zero-order chi connectivity index (χ0) is 30.0. The summed E-state index contributed by atoms with van der Waals surface area (Å²) in [7, 11) is -3.24. The number of aromatic nitrogens is 2. The Kier molecular flexibility index (Phi) is 8.81. The van der Waals surface area contributed by atoms with Crippen LogP contribution in [0.15, 0.2) is 66.1 Å². The molecule has 9 nitrogen and oxygen atoms in total. The van der Waals surface area contributed by atoms with E-state index < -0.39 is 33.7 Å². The van der Waals surface area contributed by atoms with Crippen LogP contribution in [-0.2, 0) is 39.7 Å². The van der Waals surface area contributed by atoms with Gasteiger partial charge in [-0.15, -0.1) is 0 Å². The summed E-state index contributed by atoms with van der Waals surface area (Å²) in [5, 5.41) is 3.02. The van der Waals surface area contributed by atoms with E-state index in [0.717, 1.165) is 17.3 Å². The van der Waals surface area contributed by atoms with Crippen LogP contribution in [-0.4, -0.2) is 53.8 Å². The van der Waals surface area contributed by atoms with Gasteiger partial charge in [-0.2, -0.15) is 13.2 Å². The van der Waals surface area contributed by atoms with Crippen molar-refractivity contribution in [3.63, 3.8) is 0 Å². The number of imidazole rings is 1. The molecule has 1 aliphatic rings. The highest BCUT2D eigenvalue weighted by atomic mass is 32.2. The average Bonchev–Trinajstić information content (AvgIpc) is 3.34. The molecule has 2 heterocycles. The molecule has 41 heavy (non-hydrogen) atoms. The molecule has 13 heteroatoms. The van der Waals surface area contributed by atoms with Gasteiger partial charge in [-0.1, -0.05) is 63.2 Å². The molecular formula is C28H33F3N4O5S. The minimum absolute atomic E-state index is 0.00210. The van der Waals surface area contributed by atoms with Gasteiger partial charge in [-0.05, 0) is 39.1 Å². The monoisotopic (exact) mass is 594 g/mol. The van der Waals surface area contributed by atoms with Crippen molar-refractivity contribution >= 4 is 16.0 Å². The summed E-state index contributed by atoms with van der Waals surface area (Å²) < 4.78 is 73.1. The predicted octanol–water partition coefficient (Wildman–Crippen LogP) is 4.35. The van der Waals surface area contributed by atoms with Crippen LogP contribution in [0.3, 0.4) is 0 Å². The first kappa shape index (κ1) is 30.5. The second-order valence-corrected chi connectivity index (χ2v) is 13.0. The number of halogens is 3. The topological polar surface area (TPSA) is 103 Å². The van der Waals surface area contributed by atoms with Gasteiger partial charge in [0.05, 0.1) is 12.9 Å². The van der Waals surface area contributed by atoms with Gasteiger partial charge in [-0.25, -0.2) is 18.2 Å². The minimum Gasteiger partial charge on any atom is -0.492 e. The summed E-state index contributed by atoms with van der Waals surface area (Å²) in [5.41, 5.74) is 2.15. The molecule has 1 aromatic heterocycles. The third kappa shape index (κ3) is 7.66. The fourth-order valence-electron chi connectivity index (χ4n) is 4.47. The number of hydrogen-bond donors (Lipinski definition) is 1. The number of nitrogens with zero attached hydrogens (tertiary/aromatic N) is 3. The smallest absolute Gasteiger partial charge is 0.492 e. The van der Waals surface area contributed by atoms with E-state index in [2.05, 4.69) is 35.9 Å². The highest BCUT2D eigenvalue weighted by molar-refractivity contribution is 7.88. The number of hydrogen-bond acceptors (Lipinski definition) is 7. The maximum Gasteiger partial charge on any atom is 0.492 e.